The van der Waals surface area contributed by atoms with Crippen LogP contribution in [-0.4, -0.2) is 78.2 Å². The van der Waals surface area contributed by atoms with Crippen LogP contribution in [0.1, 0.15) is 27.6 Å². The van der Waals surface area contributed by atoms with E-state index in [1.165, 1.54) is 18.2 Å². The van der Waals surface area contributed by atoms with Crippen molar-refractivity contribution >= 4 is 33.2 Å². The van der Waals surface area contributed by atoms with Crippen molar-refractivity contribution in [2.45, 2.75) is 43.2 Å². The lowest BCUT2D eigenvalue weighted by Gasteiger charge is -2.31. The lowest BCUT2D eigenvalue weighted by molar-refractivity contribution is 0.107. The van der Waals surface area contributed by atoms with Gasteiger partial charge in [0.25, 0.3) is 0 Å². The maximum atomic E-state index is 17.0. The predicted octanol–water partition coefficient (Wildman–Crippen LogP) is 5.56. The van der Waals surface area contributed by atoms with Crippen LogP contribution in [0, 0.1) is 35.7 Å². The van der Waals surface area contributed by atoms with Gasteiger partial charge in [0.2, 0.25) is 0 Å². The maximum Gasteiger partial charge on any atom is 0.319 e. The maximum absolute atomic E-state index is 17.0. The zero-order chi connectivity index (χ0) is 33.7. The van der Waals surface area contributed by atoms with E-state index in [9.17, 15) is 13.2 Å². The highest BCUT2D eigenvalue weighted by molar-refractivity contribution is 6.05. The van der Waals surface area contributed by atoms with Gasteiger partial charge in [-0.05, 0) is 54.6 Å². The number of halogens is 5. The molecule has 238 valence electrons. The van der Waals surface area contributed by atoms with Gasteiger partial charge in [-0.3, -0.25) is 4.90 Å². The molecule has 4 heterocycles. The molecule has 5 atom stereocenters. The van der Waals surface area contributed by atoms with Gasteiger partial charge in [-0.2, -0.15) is 9.97 Å². The monoisotopic (exact) mass is 637 g/mol. The second-order valence-electron chi connectivity index (χ2n) is 12.5. The minimum absolute atomic E-state index is 0.0487. The molecule has 4 fully saturated rings. The van der Waals surface area contributed by atoms with E-state index >= 15 is 8.78 Å². The second-order valence-corrected chi connectivity index (χ2v) is 12.5. The van der Waals surface area contributed by atoms with E-state index in [1.54, 1.807) is 9.80 Å². The molecule has 0 radical (unpaired) electrons. The first-order valence-electron chi connectivity index (χ1n) is 16.2. The lowest BCUT2D eigenvalue weighted by atomic mass is 9.92. The number of rotatable bonds is 5. The Labute approximate surface area is 264 Å². The third-order valence-corrected chi connectivity index (χ3v) is 9.73. The SMILES string of the molecule is [2H]C([2H])(Oc1nc(N2CCOC[C@H]3[C@H](F)[C@H]32)c2cc(F)c(-c3cc(N)cc4ccc(F)c(C#C)c34)c(F)c2n1)[C@@]12CCCN1C[C@H](F)C2. The second kappa shape index (κ2) is 10.7. The lowest BCUT2D eigenvalue weighted by Crippen LogP contribution is -2.43. The number of aromatic nitrogens is 2. The van der Waals surface area contributed by atoms with Crippen LogP contribution in [0.5, 0.6) is 6.01 Å². The van der Waals surface area contributed by atoms with Gasteiger partial charge < -0.3 is 20.1 Å². The first kappa shape index (κ1) is 27.0. The highest BCUT2D eigenvalue weighted by atomic mass is 19.1. The molecular formula is C34H30F5N5O2. The van der Waals surface area contributed by atoms with Crippen molar-refractivity contribution in [2.24, 2.45) is 5.92 Å². The minimum Gasteiger partial charge on any atom is -0.461 e. The fourth-order valence-electron chi connectivity index (χ4n) is 7.56. The highest BCUT2D eigenvalue weighted by Gasteiger charge is 2.56. The van der Waals surface area contributed by atoms with Crippen LogP contribution in [0.25, 0.3) is 32.8 Å². The Kier molecular flexibility index (Phi) is 6.25. The van der Waals surface area contributed by atoms with E-state index in [-0.39, 0.29) is 66.1 Å². The van der Waals surface area contributed by atoms with E-state index < -0.39 is 70.9 Å². The smallest absolute Gasteiger partial charge is 0.319 e. The van der Waals surface area contributed by atoms with Crippen molar-refractivity contribution in [1.82, 2.24) is 14.9 Å². The van der Waals surface area contributed by atoms with Crippen molar-refractivity contribution in [3.63, 3.8) is 0 Å². The highest BCUT2D eigenvalue weighted by Crippen LogP contribution is 2.46. The molecule has 8 rings (SSSR count). The first-order chi connectivity index (χ1) is 22.9. The summed E-state index contributed by atoms with van der Waals surface area (Å²) < 4.78 is 107. The van der Waals surface area contributed by atoms with E-state index in [2.05, 4.69) is 15.9 Å². The third-order valence-electron chi connectivity index (χ3n) is 9.73. The summed E-state index contributed by atoms with van der Waals surface area (Å²) in [6.45, 7) is -1.54. The number of ether oxygens (including phenoxy) is 2. The summed E-state index contributed by atoms with van der Waals surface area (Å²) in [4.78, 5) is 12.0. The van der Waals surface area contributed by atoms with Crippen molar-refractivity contribution in [3.05, 3.63) is 53.3 Å². The Morgan fingerprint density at radius 1 is 1.15 bits per heavy atom. The van der Waals surface area contributed by atoms with E-state index in [0.717, 1.165) is 12.1 Å². The van der Waals surface area contributed by atoms with Gasteiger partial charge in [-0.25, -0.2) is 22.0 Å². The fraction of sp³-hybridized carbons (Fsp3) is 0.412. The molecule has 1 aromatic heterocycles. The number of nitrogen functional groups attached to an aromatic ring is 1. The van der Waals surface area contributed by atoms with Crippen molar-refractivity contribution in [2.75, 3.05) is 50.0 Å². The van der Waals surface area contributed by atoms with Crippen LogP contribution in [0.3, 0.4) is 0 Å². The summed E-state index contributed by atoms with van der Waals surface area (Å²) in [7, 11) is 0. The first-order valence-corrected chi connectivity index (χ1v) is 15.2. The summed E-state index contributed by atoms with van der Waals surface area (Å²) >= 11 is 0. The standard InChI is InChI=1S/C34H30F5N5O2/c1-2-20-24(36)5-4-17-10-19(40)11-21(26(17)20)27-25(37)12-22-30(29(27)39)41-33(46-16-34-6-3-7-43(34)14-18(35)13-34)42-32(22)44-8-9-45-15-23-28(38)31(23)44/h1,4-5,10-12,18,23,28,31H,3,6-9,13-16,40H2/t18-,23+,28+,31+,34+/m1/s1/i16D2. The Bertz CT molecular complexity index is 2050. The van der Waals surface area contributed by atoms with Crippen LogP contribution >= 0.6 is 0 Å². The molecule has 1 saturated carbocycles. The predicted molar refractivity (Wildman–Crippen MR) is 164 cm³/mol. The van der Waals surface area contributed by atoms with Gasteiger partial charge in [-0.1, -0.05) is 12.0 Å². The number of benzene rings is 3. The Balaban J connectivity index is 1.35. The molecule has 0 amide bonds. The van der Waals surface area contributed by atoms with Gasteiger partial charge in [0.15, 0.2) is 5.82 Å². The number of terminal acetylenes is 1. The average Bonchev–Trinajstić information content (AvgIpc) is 3.39. The zero-order valence-electron chi connectivity index (χ0n) is 26.5. The van der Waals surface area contributed by atoms with Crippen LogP contribution in [-0.2, 0) is 4.74 Å². The minimum atomic E-state index is -2.52. The third kappa shape index (κ3) is 4.47. The van der Waals surface area contributed by atoms with Crippen molar-refractivity contribution < 1.29 is 34.2 Å². The summed E-state index contributed by atoms with van der Waals surface area (Å²) in [5.41, 5.74) is 3.54. The summed E-state index contributed by atoms with van der Waals surface area (Å²) in [5, 5.41) is 0.280. The molecule has 0 unspecified atom stereocenters. The van der Waals surface area contributed by atoms with Gasteiger partial charge in [0, 0.05) is 41.9 Å². The molecule has 0 bridgehead atoms. The van der Waals surface area contributed by atoms with Crippen LogP contribution in [0.15, 0.2) is 30.3 Å². The number of hydrogen-bond acceptors (Lipinski definition) is 7. The number of alkyl halides is 2. The molecule has 3 saturated heterocycles. The molecule has 4 aromatic rings. The van der Waals surface area contributed by atoms with Gasteiger partial charge in [0.1, 0.15) is 41.9 Å². The molecule has 0 spiro atoms. The largest absolute Gasteiger partial charge is 0.461 e. The molecule has 2 N–H and O–H groups in total. The van der Waals surface area contributed by atoms with E-state index in [4.69, 9.17) is 24.4 Å². The van der Waals surface area contributed by atoms with Crippen LogP contribution in [0.4, 0.5) is 33.5 Å². The van der Waals surface area contributed by atoms with Gasteiger partial charge in [0.05, 0.1) is 38.7 Å². The topological polar surface area (TPSA) is 76.7 Å². The summed E-state index contributed by atoms with van der Waals surface area (Å²) in [6, 6.07) is 5.03. The number of anilines is 2. The molecule has 12 heteroatoms. The molecule has 4 aliphatic rings. The van der Waals surface area contributed by atoms with Crippen molar-refractivity contribution in [3.8, 4) is 29.5 Å². The van der Waals surface area contributed by atoms with Gasteiger partial charge in [-0.15, -0.1) is 6.42 Å². The van der Waals surface area contributed by atoms with Crippen molar-refractivity contribution in [1.29, 1.82) is 0 Å². The molecule has 3 aromatic carbocycles. The molecule has 7 nitrogen and oxygen atoms in total. The molecule has 1 aliphatic carbocycles. The van der Waals surface area contributed by atoms with Crippen LogP contribution in [0.2, 0.25) is 0 Å². The van der Waals surface area contributed by atoms with Gasteiger partial charge >= 0.3 is 6.01 Å². The quantitative estimate of drug-likeness (QED) is 0.175. The molecular weight excluding hydrogens is 605 g/mol. The van der Waals surface area contributed by atoms with E-state index in [0.29, 0.717) is 24.8 Å². The molecule has 3 aliphatic heterocycles. The zero-order valence-corrected chi connectivity index (χ0v) is 24.5. The number of hydrogen-bond donors (Lipinski definition) is 1. The summed E-state index contributed by atoms with van der Waals surface area (Å²) in [5.74, 6) is -1.34. The fourth-order valence-corrected chi connectivity index (χ4v) is 7.56. The Hall–Kier alpha value is -4.21. The normalized spacial score (nSPS) is 28.4. The van der Waals surface area contributed by atoms with E-state index in [1.807, 2.05) is 0 Å². The Morgan fingerprint density at radius 2 is 2.00 bits per heavy atom. The average molecular weight is 638 g/mol. The van der Waals surface area contributed by atoms with Crippen LogP contribution < -0.4 is 15.4 Å². The number of nitrogens with zero attached hydrogens (tertiary/aromatic N) is 4. The number of nitrogens with two attached hydrogens (primary N) is 1. The molecule has 46 heavy (non-hydrogen) atoms. The summed E-state index contributed by atoms with van der Waals surface area (Å²) in [6.07, 6.45) is 3.90. The number of fused-ring (bicyclic) bond motifs is 4. The Morgan fingerprint density at radius 3 is 2.83 bits per heavy atom.